The predicted molar refractivity (Wildman–Crippen MR) is 58.6 cm³/mol. The van der Waals surface area contributed by atoms with Gasteiger partial charge in [-0.1, -0.05) is 0 Å². The van der Waals surface area contributed by atoms with Crippen molar-refractivity contribution in [2.45, 2.75) is 6.42 Å². The molecule has 0 unspecified atom stereocenters. The van der Waals surface area contributed by atoms with Crippen molar-refractivity contribution >= 4 is 0 Å². The molecule has 0 radical (unpaired) electrons. The lowest BCUT2D eigenvalue weighted by molar-refractivity contribution is 0.128. The topological polar surface area (TPSA) is 35.9 Å². The van der Waals surface area contributed by atoms with Crippen molar-refractivity contribution in [2.75, 3.05) is 60.6 Å². The number of rotatable bonds is 9. The van der Waals surface area contributed by atoms with E-state index in [-0.39, 0.29) is 6.61 Å². The molecular formula is C10H24N2O2. The maximum absolute atomic E-state index is 8.85. The SMILES string of the molecule is COCCN(CCO)CCCN(C)C. The zero-order chi connectivity index (χ0) is 10.8. The molecule has 0 heterocycles. The van der Waals surface area contributed by atoms with Gasteiger partial charge in [0, 0.05) is 20.2 Å². The van der Waals surface area contributed by atoms with Gasteiger partial charge in [0.25, 0.3) is 0 Å². The van der Waals surface area contributed by atoms with Crippen LogP contribution >= 0.6 is 0 Å². The third-order valence-electron chi connectivity index (χ3n) is 2.11. The Labute approximate surface area is 87.5 Å². The molecule has 0 aromatic rings. The van der Waals surface area contributed by atoms with Crippen LogP contribution in [0.25, 0.3) is 0 Å². The lowest BCUT2D eigenvalue weighted by Crippen LogP contribution is -2.32. The summed E-state index contributed by atoms with van der Waals surface area (Å²) in [6.07, 6.45) is 1.14. The highest BCUT2D eigenvalue weighted by atomic mass is 16.5. The number of hydrogen-bond acceptors (Lipinski definition) is 4. The van der Waals surface area contributed by atoms with E-state index in [1.165, 1.54) is 0 Å². The molecule has 4 heteroatoms. The average Bonchev–Trinajstić information content (AvgIpc) is 2.13. The van der Waals surface area contributed by atoms with Gasteiger partial charge in [0.1, 0.15) is 0 Å². The first-order chi connectivity index (χ1) is 6.70. The Hall–Kier alpha value is -0.160. The molecule has 1 N–H and O–H groups in total. The number of methoxy groups -OCH3 is 1. The summed E-state index contributed by atoms with van der Waals surface area (Å²) in [6.45, 7) is 4.74. The summed E-state index contributed by atoms with van der Waals surface area (Å²) >= 11 is 0. The molecule has 0 bridgehead atoms. The zero-order valence-corrected chi connectivity index (χ0v) is 9.70. The van der Waals surface area contributed by atoms with Crippen molar-refractivity contribution in [3.8, 4) is 0 Å². The quantitative estimate of drug-likeness (QED) is 0.568. The minimum atomic E-state index is 0.228. The van der Waals surface area contributed by atoms with Crippen LogP contribution in [0.3, 0.4) is 0 Å². The Kier molecular flexibility index (Phi) is 9.29. The molecule has 0 amide bonds. The first-order valence-corrected chi connectivity index (χ1v) is 5.17. The maximum atomic E-state index is 8.85. The number of nitrogens with zero attached hydrogens (tertiary/aromatic N) is 2. The van der Waals surface area contributed by atoms with E-state index in [0.29, 0.717) is 0 Å². The van der Waals surface area contributed by atoms with E-state index in [4.69, 9.17) is 9.84 Å². The number of aliphatic hydroxyl groups is 1. The fraction of sp³-hybridized carbons (Fsp3) is 1.00. The van der Waals surface area contributed by atoms with Crippen LogP contribution in [0.4, 0.5) is 0 Å². The fourth-order valence-corrected chi connectivity index (χ4v) is 1.31. The monoisotopic (exact) mass is 204 g/mol. The fourth-order valence-electron chi connectivity index (χ4n) is 1.31. The summed E-state index contributed by atoms with van der Waals surface area (Å²) in [5.74, 6) is 0. The lowest BCUT2D eigenvalue weighted by Gasteiger charge is -2.21. The number of aliphatic hydroxyl groups excluding tert-OH is 1. The Balaban J connectivity index is 3.50. The molecule has 0 aliphatic heterocycles. The van der Waals surface area contributed by atoms with Gasteiger partial charge in [0.2, 0.25) is 0 Å². The van der Waals surface area contributed by atoms with E-state index in [1.54, 1.807) is 7.11 Å². The summed E-state index contributed by atoms with van der Waals surface area (Å²) in [5.41, 5.74) is 0. The Morgan fingerprint density at radius 3 is 2.29 bits per heavy atom. The molecule has 4 nitrogen and oxygen atoms in total. The molecular weight excluding hydrogens is 180 g/mol. The third kappa shape index (κ3) is 8.44. The molecule has 0 spiro atoms. The van der Waals surface area contributed by atoms with Gasteiger partial charge in [-0.25, -0.2) is 0 Å². The lowest BCUT2D eigenvalue weighted by atomic mass is 10.3. The van der Waals surface area contributed by atoms with Crippen LogP contribution in [0.2, 0.25) is 0 Å². The van der Waals surface area contributed by atoms with E-state index in [0.717, 1.165) is 39.2 Å². The van der Waals surface area contributed by atoms with Gasteiger partial charge in [-0.05, 0) is 33.6 Å². The normalized spacial score (nSPS) is 11.6. The van der Waals surface area contributed by atoms with Gasteiger partial charge in [0.05, 0.1) is 13.2 Å². The van der Waals surface area contributed by atoms with Crippen LogP contribution in [-0.2, 0) is 4.74 Å². The molecule has 14 heavy (non-hydrogen) atoms. The number of ether oxygens (including phenoxy) is 1. The van der Waals surface area contributed by atoms with Crippen molar-refractivity contribution < 1.29 is 9.84 Å². The number of hydrogen-bond donors (Lipinski definition) is 1. The third-order valence-corrected chi connectivity index (χ3v) is 2.11. The highest BCUT2D eigenvalue weighted by Crippen LogP contribution is 1.92. The minimum absolute atomic E-state index is 0.228. The van der Waals surface area contributed by atoms with Crippen LogP contribution < -0.4 is 0 Å². The van der Waals surface area contributed by atoms with Gasteiger partial charge in [-0.3, -0.25) is 4.90 Å². The minimum Gasteiger partial charge on any atom is -0.395 e. The Morgan fingerprint density at radius 1 is 1.07 bits per heavy atom. The first kappa shape index (κ1) is 13.8. The standard InChI is InChI=1S/C10H24N2O2/c1-11(2)5-4-6-12(7-9-13)8-10-14-3/h13H,4-10H2,1-3H3. The van der Waals surface area contributed by atoms with Crippen LogP contribution in [0.1, 0.15) is 6.42 Å². The van der Waals surface area contributed by atoms with E-state index in [1.807, 2.05) is 0 Å². The smallest absolute Gasteiger partial charge is 0.0589 e. The summed E-state index contributed by atoms with van der Waals surface area (Å²) in [4.78, 5) is 4.40. The second-order valence-electron chi connectivity index (χ2n) is 3.71. The van der Waals surface area contributed by atoms with E-state index < -0.39 is 0 Å². The van der Waals surface area contributed by atoms with Crippen LogP contribution in [0, 0.1) is 0 Å². The summed E-state index contributed by atoms with van der Waals surface area (Å²) in [7, 11) is 5.86. The molecule has 0 aromatic carbocycles. The van der Waals surface area contributed by atoms with E-state index >= 15 is 0 Å². The molecule has 0 aliphatic rings. The van der Waals surface area contributed by atoms with Gasteiger partial charge in [-0.15, -0.1) is 0 Å². The molecule has 0 atom stereocenters. The largest absolute Gasteiger partial charge is 0.395 e. The molecule has 0 rings (SSSR count). The van der Waals surface area contributed by atoms with E-state index in [9.17, 15) is 0 Å². The Bertz CT molecular complexity index is 121. The summed E-state index contributed by atoms with van der Waals surface area (Å²) in [6, 6.07) is 0. The van der Waals surface area contributed by atoms with Crippen LogP contribution in [-0.4, -0.2) is 75.5 Å². The van der Waals surface area contributed by atoms with Gasteiger partial charge < -0.3 is 14.7 Å². The summed E-state index contributed by atoms with van der Waals surface area (Å²) in [5, 5.41) is 8.85. The van der Waals surface area contributed by atoms with Crippen LogP contribution in [0.5, 0.6) is 0 Å². The molecule has 0 saturated carbocycles. The molecule has 0 saturated heterocycles. The van der Waals surface area contributed by atoms with Crippen molar-refractivity contribution in [1.29, 1.82) is 0 Å². The average molecular weight is 204 g/mol. The zero-order valence-electron chi connectivity index (χ0n) is 9.70. The first-order valence-electron chi connectivity index (χ1n) is 5.17. The van der Waals surface area contributed by atoms with Gasteiger partial charge in [-0.2, -0.15) is 0 Å². The Morgan fingerprint density at radius 2 is 1.79 bits per heavy atom. The van der Waals surface area contributed by atoms with E-state index in [2.05, 4.69) is 23.9 Å². The summed E-state index contributed by atoms with van der Waals surface area (Å²) < 4.78 is 5.01. The molecule has 0 aliphatic carbocycles. The highest BCUT2D eigenvalue weighted by molar-refractivity contribution is 4.58. The van der Waals surface area contributed by atoms with Crippen molar-refractivity contribution in [3.63, 3.8) is 0 Å². The van der Waals surface area contributed by atoms with Crippen molar-refractivity contribution in [1.82, 2.24) is 9.80 Å². The molecule has 0 fully saturated rings. The van der Waals surface area contributed by atoms with Gasteiger partial charge in [0.15, 0.2) is 0 Å². The second kappa shape index (κ2) is 9.40. The molecule has 86 valence electrons. The van der Waals surface area contributed by atoms with Crippen LogP contribution in [0.15, 0.2) is 0 Å². The van der Waals surface area contributed by atoms with Gasteiger partial charge >= 0.3 is 0 Å². The highest BCUT2D eigenvalue weighted by Gasteiger charge is 2.03. The maximum Gasteiger partial charge on any atom is 0.0589 e. The van der Waals surface area contributed by atoms with Crippen molar-refractivity contribution in [2.24, 2.45) is 0 Å². The predicted octanol–water partition coefficient (Wildman–Crippen LogP) is -0.121. The van der Waals surface area contributed by atoms with Crippen molar-refractivity contribution in [3.05, 3.63) is 0 Å². The second-order valence-corrected chi connectivity index (χ2v) is 3.71. The molecule has 0 aromatic heterocycles.